The molecule has 3 nitrogen and oxygen atoms in total. The van der Waals surface area contributed by atoms with Gasteiger partial charge in [-0.3, -0.25) is 0 Å². The quantitative estimate of drug-likeness (QED) is 0.808. The SMILES string of the molecule is COc1ccc(NC(=S)Nc2cc(F)ccc2C)cc1Cl. The van der Waals surface area contributed by atoms with Gasteiger partial charge < -0.3 is 15.4 Å². The molecule has 0 atom stereocenters. The molecule has 0 heterocycles. The maximum atomic E-state index is 13.2. The smallest absolute Gasteiger partial charge is 0.175 e. The normalized spacial score (nSPS) is 10.1. The highest BCUT2D eigenvalue weighted by Gasteiger charge is 2.05. The van der Waals surface area contributed by atoms with Crippen molar-refractivity contribution in [1.82, 2.24) is 0 Å². The molecule has 0 spiro atoms. The molecule has 0 aliphatic heterocycles. The zero-order valence-corrected chi connectivity index (χ0v) is 13.1. The first kappa shape index (κ1) is 15.5. The van der Waals surface area contributed by atoms with Crippen LogP contribution in [-0.2, 0) is 0 Å². The maximum absolute atomic E-state index is 13.2. The molecule has 0 aliphatic rings. The fourth-order valence-electron chi connectivity index (χ4n) is 1.76. The predicted molar refractivity (Wildman–Crippen MR) is 89.0 cm³/mol. The lowest BCUT2D eigenvalue weighted by Gasteiger charge is -2.13. The van der Waals surface area contributed by atoms with Crippen LogP contribution in [0.2, 0.25) is 5.02 Å². The van der Waals surface area contributed by atoms with E-state index in [1.165, 1.54) is 12.1 Å². The minimum Gasteiger partial charge on any atom is -0.495 e. The second-order valence-electron chi connectivity index (χ2n) is 4.39. The number of methoxy groups -OCH3 is 1. The van der Waals surface area contributed by atoms with Crippen LogP contribution in [0.25, 0.3) is 0 Å². The summed E-state index contributed by atoms with van der Waals surface area (Å²) < 4.78 is 18.3. The van der Waals surface area contributed by atoms with Crippen LogP contribution in [-0.4, -0.2) is 12.2 Å². The van der Waals surface area contributed by atoms with E-state index in [9.17, 15) is 4.39 Å². The molecule has 0 unspecified atom stereocenters. The Kier molecular flexibility index (Phi) is 4.98. The van der Waals surface area contributed by atoms with Gasteiger partial charge in [0.1, 0.15) is 11.6 Å². The molecule has 0 fully saturated rings. The Morgan fingerprint density at radius 3 is 2.62 bits per heavy atom. The van der Waals surface area contributed by atoms with Crippen LogP contribution in [0.1, 0.15) is 5.56 Å². The number of thiocarbonyl (C=S) groups is 1. The van der Waals surface area contributed by atoms with Crippen molar-refractivity contribution in [2.24, 2.45) is 0 Å². The van der Waals surface area contributed by atoms with E-state index in [0.29, 0.717) is 27.3 Å². The first-order chi connectivity index (χ1) is 9.99. The Morgan fingerprint density at radius 1 is 1.19 bits per heavy atom. The summed E-state index contributed by atoms with van der Waals surface area (Å²) in [5.41, 5.74) is 2.23. The maximum Gasteiger partial charge on any atom is 0.175 e. The number of halogens is 2. The molecule has 0 aromatic heterocycles. The summed E-state index contributed by atoms with van der Waals surface area (Å²) in [6, 6.07) is 9.71. The van der Waals surface area contributed by atoms with E-state index in [-0.39, 0.29) is 5.82 Å². The largest absolute Gasteiger partial charge is 0.495 e. The zero-order valence-electron chi connectivity index (χ0n) is 11.5. The molecule has 2 N–H and O–H groups in total. The number of ether oxygens (including phenoxy) is 1. The Bertz CT molecular complexity index is 679. The molecular weight excluding hydrogens is 311 g/mol. The third-order valence-electron chi connectivity index (χ3n) is 2.86. The number of nitrogens with one attached hydrogen (secondary N) is 2. The monoisotopic (exact) mass is 324 g/mol. The molecule has 110 valence electrons. The Morgan fingerprint density at radius 2 is 1.95 bits per heavy atom. The minimum absolute atomic E-state index is 0.321. The highest BCUT2D eigenvalue weighted by molar-refractivity contribution is 7.80. The second kappa shape index (κ2) is 6.74. The van der Waals surface area contributed by atoms with Crippen LogP contribution in [0.3, 0.4) is 0 Å². The molecule has 0 saturated heterocycles. The number of aryl methyl sites for hydroxylation is 1. The van der Waals surface area contributed by atoms with Gasteiger partial charge in [0, 0.05) is 11.4 Å². The Hall–Kier alpha value is -1.85. The van der Waals surface area contributed by atoms with Crippen molar-refractivity contribution in [2.45, 2.75) is 6.92 Å². The van der Waals surface area contributed by atoms with Gasteiger partial charge in [-0.1, -0.05) is 17.7 Å². The predicted octanol–water partition coefficient (Wildman–Crippen LogP) is 4.61. The fraction of sp³-hybridized carbons (Fsp3) is 0.133. The summed E-state index contributed by atoms with van der Waals surface area (Å²) in [5, 5.41) is 6.77. The van der Waals surface area contributed by atoms with E-state index < -0.39 is 0 Å². The van der Waals surface area contributed by atoms with Gasteiger partial charge in [-0.25, -0.2) is 4.39 Å². The van der Waals surface area contributed by atoms with E-state index >= 15 is 0 Å². The number of hydrogen-bond donors (Lipinski definition) is 2. The molecular formula is C15H14ClFN2OS. The molecule has 21 heavy (non-hydrogen) atoms. The number of anilines is 2. The number of hydrogen-bond acceptors (Lipinski definition) is 2. The Balaban J connectivity index is 2.08. The van der Waals surface area contributed by atoms with Crippen molar-refractivity contribution < 1.29 is 9.13 Å². The van der Waals surface area contributed by atoms with Crippen molar-refractivity contribution in [3.8, 4) is 5.75 Å². The van der Waals surface area contributed by atoms with E-state index in [0.717, 1.165) is 5.56 Å². The highest BCUT2D eigenvalue weighted by Crippen LogP contribution is 2.27. The van der Waals surface area contributed by atoms with E-state index in [2.05, 4.69) is 10.6 Å². The minimum atomic E-state index is -0.321. The third-order valence-corrected chi connectivity index (χ3v) is 3.36. The van der Waals surface area contributed by atoms with E-state index in [1.54, 1.807) is 31.4 Å². The summed E-state index contributed by atoms with van der Waals surface area (Å²) >= 11 is 11.2. The van der Waals surface area contributed by atoms with Crippen LogP contribution in [0.4, 0.5) is 15.8 Å². The fourth-order valence-corrected chi connectivity index (χ4v) is 2.24. The summed E-state index contributed by atoms with van der Waals surface area (Å²) in [4.78, 5) is 0. The van der Waals surface area contributed by atoms with Crippen LogP contribution in [0.5, 0.6) is 5.75 Å². The highest BCUT2D eigenvalue weighted by atomic mass is 35.5. The van der Waals surface area contributed by atoms with Gasteiger partial charge in [0.15, 0.2) is 5.11 Å². The summed E-state index contributed by atoms with van der Waals surface area (Å²) in [6.45, 7) is 1.87. The molecule has 0 bridgehead atoms. The van der Waals surface area contributed by atoms with Crippen molar-refractivity contribution in [1.29, 1.82) is 0 Å². The molecule has 0 saturated carbocycles. The lowest BCUT2D eigenvalue weighted by Crippen LogP contribution is -2.19. The first-order valence-electron chi connectivity index (χ1n) is 6.17. The van der Waals surface area contributed by atoms with Crippen LogP contribution in [0.15, 0.2) is 36.4 Å². The van der Waals surface area contributed by atoms with Crippen LogP contribution >= 0.6 is 23.8 Å². The number of benzene rings is 2. The van der Waals surface area contributed by atoms with Crippen LogP contribution < -0.4 is 15.4 Å². The van der Waals surface area contributed by atoms with E-state index in [1.807, 2.05) is 6.92 Å². The van der Waals surface area contributed by atoms with Gasteiger partial charge >= 0.3 is 0 Å². The van der Waals surface area contributed by atoms with Crippen LogP contribution in [0, 0.1) is 12.7 Å². The molecule has 2 aromatic rings. The molecule has 0 amide bonds. The molecule has 6 heteroatoms. The van der Waals surface area contributed by atoms with Crippen molar-refractivity contribution in [3.05, 3.63) is 52.8 Å². The van der Waals surface area contributed by atoms with Crippen molar-refractivity contribution in [2.75, 3.05) is 17.7 Å². The summed E-state index contributed by atoms with van der Waals surface area (Å²) in [5.74, 6) is 0.264. The zero-order chi connectivity index (χ0) is 15.4. The second-order valence-corrected chi connectivity index (χ2v) is 5.20. The van der Waals surface area contributed by atoms with E-state index in [4.69, 9.17) is 28.6 Å². The lowest BCUT2D eigenvalue weighted by molar-refractivity contribution is 0.415. The first-order valence-corrected chi connectivity index (χ1v) is 6.96. The standard InChI is InChI=1S/C15H14ClFN2OS/c1-9-3-4-10(17)7-13(9)19-15(21)18-11-5-6-14(20-2)12(16)8-11/h3-8H,1-2H3,(H2,18,19,21). The van der Waals surface area contributed by atoms with Crippen molar-refractivity contribution >= 4 is 40.3 Å². The summed E-state index contributed by atoms with van der Waals surface area (Å²) in [7, 11) is 1.55. The van der Waals surface area contributed by atoms with Gasteiger partial charge in [0.05, 0.1) is 12.1 Å². The Labute approximate surface area is 133 Å². The number of rotatable bonds is 3. The van der Waals surface area contributed by atoms with Gasteiger partial charge in [-0.15, -0.1) is 0 Å². The topological polar surface area (TPSA) is 33.3 Å². The van der Waals surface area contributed by atoms with Gasteiger partial charge in [-0.05, 0) is 55.0 Å². The molecule has 2 aromatic carbocycles. The summed E-state index contributed by atoms with van der Waals surface area (Å²) in [6.07, 6.45) is 0. The van der Waals surface area contributed by atoms with Gasteiger partial charge in [0.2, 0.25) is 0 Å². The third kappa shape index (κ3) is 4.06. The van der Waals surface area contributed by atoms with Gasteiger partial charge in [0.25, 0.3) is 0 Å². The lowest BCUT2D eigenvalue weighted by atomic mass is 10.2. The van der Waals surface area contributed by atoms with Crippen molar-refractivity contribution in [3.63, 3.8) is 0 Å². The molecule has 2 rings (SSSR count). The molecule has 0 aliphatic carbocycles. The molecule has 0 radical (unpaired) electrons. The average Bonchev–Trinajstić information content (AvgIpc) is 2.43. The average molecular weight is 325 g/mol. The van der Waals surface area contributed by atoms with Gasteiger partial charge in [-0.2, -0.15) is 0 Å².